The van der Waals surface area contributed by atoms with E-state index < -0.39 is 0 Å². The van der Waals surface area contributed by atoms with Gasteiger partial charge in [0, 0.05) is 4.47 Å². The van der Waals surface area contributed by atoms with Gasteiger partial charge in [0.25, 0.3) is 0 Å². The van der Waals surface area contributed by atoms with Gasteiger partial charge >= 0.3 is 0 Å². The van der Waals surface area contributed by atoms with Crippen LogP contribution in [0.1, 0.15) is 52.7 Å². The molecule has 0 fully saturated rings. The molecule has 3 aromatic rings. The molecule has 0 aliphatic rings. The predicted octanol–water partition coefficient (Wildman–Crippen LogP) is 8.38. The van der Waals surface area contributed by atoms with Crippen LogP contribution < -0.4 is 0 Å². The van der Waals surface area contributed by atoms with E-state index in [1.54, 1.807) is 0 Å². The summed E-state index contributed by atoms with van der Waals surface area (Å²) in [6.45, 7) is 13.7. The fraction of sp³-hybridized carbons (Fsp3) is 0.308. The van der Waals surface area contributed by atoms with Gasteiger partial charge in [-0.1, -0.05) is 118 Å². The van der Waals surface area contributed by atoms with Gasteiger partial charge in [0.15, 0.2) is 0 Å². The van der Waals surface area contributed by atoms with E-state index in [0.717, 1.165) is 4.47 Å². The standard InChI is InChI=1S/C26H29Br/c1-25(2,3)21-14-20(15-22(17-21)26(4,5)6)23-13-12-19(16-24(23)27)18-10-8-7-9-11-18/h7-17H,1-6H3. The second-order valence-electron chi connectivity index (χ2n) is 9.36. The lowest BCUT2D eigenvalue weighted by atomic mass is 9.79. The smallest absolute Gasteiger partial charge is 0.0259 e. The molecular formula is C26H29Br. The largest absolute Gasteiger partial charge is 0.0622 e. The van der Waals surface area contributed by atoms with Gasteiger partial charge in [-0.05, 0) is 50.3 Å². The highest BCUT2D eigenvalue weighted by molar-refractivity contribution is 9.10. The maximum Gasteiger partial charge on any atom is 0.0259 e. The van der Waals surface area contributed by atoms with E-state index in [1.165, 1.54) is 33.4 Å². The molecule has 0 spiro atoms. The number of hydrogen-bond acceptors (Lipinski definition) is 0. The van der Waals surface area contributed by atoms with Crippen molar-refractivity contribution in [2.45, 2.75) is 52.4 Å². The highest BCUT2D eigenvalue weighted by Crippen LogP contribution is 2.37. The third-order valence-corrected chi connectivity index (χ3v) is 5.71. The van der Waals surface area contributed by atoms with E-state index >= 15 is 0 Å². The summed E-state index contributed by atoms with van der Waals surface area (Å²) in [5, 5.41) is 0. The summed E-state index contributed by atoms with van der Waals surface area (Å²) in [7, 11) is 0. The second-order valence-corrected chi connectivity index (χ2v) is 10.2. The van der Waals surface area contributed by atoms with E-state index in [1.807, 2.05) is 0 Å². The Hall–Kier alpha value is -1.86. The van der Waals surface area contributed by atoms with Gasteiger partial charge < -0.3 is 0 Å². The Labute approximate surface area is 172 Å². The molecule has 0 saturated heterocycles. The quantitative estimate of drug-likeness (QED) is 0.390. The molecule has 0 amide bonds. The van der Waals surface area contributed by atoms with E-state index in [9.17, 15) is 0 Å². The van der Waals surface area contributed by atoms with E-state index in [2.05, 4.69) is 124 Å². The van der Waals surface area contributed by atoms with Gasteiger partial charge in [0.1, 0.15) is 0 Å². The monoisotopic (exact) mass is 420 g/mol. The van der Waals surface area contributed by atoms with Crippen molar-refractivity contribution < 1.29 is 0 Å². The molecule has 1 heteroatoms. The summed E-state index contributed by atoms with van der Waals surface area (Å²) in [4.78, 5) is 0. The molecule has 140 valence electrons. The first-order chi connectivity index (χ1) is 12.6. The summed E-state index contributed by atoms with van der Waals surface area (Å²) in [5.41, 5.74) is 7.98. The summed E-state index contributed by atoms with van der Waals surface area (Å²) in [6, 6.07) is 24.3. The molecule has 0 aromatic heterocycles. The van der Waals surface area contributed by atoms with Crippen molar-refractivity contribution >= 4 is 15.9 Å². The Balaban J connectivity index is 2.13. The molecule has 27 heavy (non-hydrogen) atoms. The zero-order valence-electron chi connectivity index (χ0n) is 17.2. The molecule has 3 rings (SSSR count). The first kappa shape index (κ1) is 19.9. The van der Waals surface area contributed by atoms with Gasteiger partial charge in [-0.25, -0.2) is 0 Å². The maximum atomic E-state index is 3.83. The Bertz CT molecular complexity index is 906. The lowest BCUT2D eigenvalue weighted by Gasteiger charge is -2.26. The summed E-state index contributed by atoms with van der Waals surface area (Å²) in [6.07, 6.45) is 0. The van der Waals surface area contributed by atoms with E-state index in [-0.39, 0.29) is 10.8 Å². The molecule has 0 unspecified atom stereocenters. The van der Waals surface area contributed by atoms with Crippen molar-refractivity contribution in [3.05, 3.63) is 82.3 Å². The molecule has 0 atom stereocenters. The number of halogens is 1. The van der Waals surface area contributed by atoms with Crippen LogP contribution in [0, 0.1) is 0 Å². The first-order valence-electron chi connectivity index (χ1n) is 9.57. The van der Waals surface area contributed by atoms with Crippen molar-refractivity contribution in [3.63, 3.8) is 0 Å². The van der Waals surface area contributed by atoms with Crippen molar-refractivity contribution in [1.29, 1.82) is 0 Å². The van der Waals surface area contributed by atoms with Gasteiger partial charge in [-0.2, -0.15) is 0 Å². The highest BCUT2D eigenvalue weighted by Gasteiger charge is 2.21. The average molecular weight is 421 g/mol. The van der Waals surface area contributed by atoms with Crippen molar-refractivity contribution in [1.82, 2.24) is 0 Å². The third-order valence-electron chi connectivity index (χ3n) is 5.05. The zero-order valence-corrected chi connectivity index (χ0v) is 18.8. The fourth-order valence-electron chi connectivity index (χ4n) is 3.21. The summed E-state index contributed by atoms with van der Waals surface area (Å²) >= 11 is 3.83. The van der Waals surface area contributed by atoms with Crippen molar-refractivity contribution in [2.75, 3.05) is 0 Å². The first-order valence-corrected chi connectivity index (χ1v) is 10.4. The lowest BCUT2D eigenvalue weighted by Crippen LogP contribution is -2.16. The topological polar surface area (TPSA) is 0 Å². The Morgan fingerprint density at radius 2 is 1.11 bits per heavy atom. The fourth-order valence-corrected chi connectivity index (χ4v) is 3.82. The van der Waals surface area contributed by atoms with Crippen LogP contribution in [0.5, 0.6) is 0 Å². The molecule has 0 radical (unpaired) electrons. The van der Waals surface area contributed by atoms with Crippen LogP contribution in [0.15, 0.2) is 71.2 Å². The molecule has 0 nitrogen and oxygen atoms in total. The van der Waals surface area contributed by atoms with Gasteiger partial charge in [0.05, 0.1) is 0 Å². The Morgan fingerprint density at radius 3 is 1.59 bits per heavy atom. The van der Waals surface area contributed by atoms with Crippen LogP contribution in [0.25, 0.3) is 22.3 Å². The Kier molecular flexibility index (Phi) is 5.36. The summed E-state index contributed by atoms with van der Waals surface area (Å²) < 4.78 is 1.13. The minimum atomic E-state index is 0.118. The van der Waals surface area contributed by atoms with Crippen molar-refractivity contribution in [3.8, 4) is 22.3 Å². The van der Waals surface area contributed by atoms with Gasteiger partial charge in [-0.15, -0.1) is 0 Å². The van der Waals surface area contributed by atoms with E-state index in [4.69, 9.17) is 0 Å². The molecule has 3 aromatic carbocycles. The maximum absolute atomic E-state index is 3.83. The second kappa shape index (κ2) is 7.28. The number of rotatable bonds is 2. The molecule has 0 heterocycles. The average Bonchev–Trinajstić information content (AvgIpc) is 2.60. The van der Waals surface area contributed by atoms with Gasteiger partial charge in [0.2, 0.25) is 0 Å². The van der Waals surface area contributed by atoms with Crippen LogP contribution in [-0.4, -0.2) is 0 Å². The normalized spacial score (nSPS) is 12.3. The molecular weight excluding hydrogens is 392 g/mol. The zero-order chi connectivity index (χ0) is 19.8. The number of benzene rings is 3. The molecule has 0 aliphatic carbocycles. The third kappa shape index (κ3) is 4.52. The Morgan fingerprint density at radius 1 is 0.556 bits per heavy atom. The predicted molar refractivity (Wildman–Crippen MR) is 122 cm³/mol. The summed E-state index contributed by atoms with van der Waals surface area (Å²) in [5.74, 6) is 0. The van der Waals surface area contributed by atoms with Crippen LogP contribution in [0.2, 0.25) is 0 Å². The van der Waals surface area contributed by atoms with E-state index in [0.29, 0.717) is 0 Å². The number of hydrogen-bond donors (Lipinski definition) is 0. The lowest BCUT2D eigenvalue weighted by molar-refractivity contribution is 0.569. The van der Waals surface area contributed by atoms with Crippen LogP contribution in [0.3, 0.4) is 0 Å². The van der Waals surface area contributed by atoms with Gasteiger partial charge in [-0.3, -0.25) is 0 Å². The SMILES string of the molecule is CC(C)(C)c1cc(-c2ccc(-c3ccccc3)cc2Br)cc(C(C)(C)C)c1. The molecule has 0 bridgehead atoms. The van der Waals surface area contributed by atoms with Crippen LogP contribution in [0.4, 0.5) is 0 Å². The molecule has 0 aliphatic heterocycles. The minimum Gasteiger partial charge on any atom is -0.0622 e. The van der Waals surface area contributed by atoms with Crippen molar-refractivity contribution in [2.24, 2.45) is 0 Å². The van der Waals surface area contributed by atoms with Crippen LogP contribution in [-0.2, 0) is 10.8 Å². The molecule has 0 saturated carbocycles. The molecule has 0 N–H and O–H groups in total. The highest BCUT2D eigenvalue weighted by atomic mass is 79.9. The van der Waals surface area contributed by atoms with Crippen LogP contribution >= 0.6 is 15.9 Å². The minimum absolute atomic E-state index is 0.118.